The Morgan fingerprint density at radius 1 is 1.20 bits per heavy atom. The van der Waals surface area contributed by atoms with E-state index in [0.29, 0.717) is 31.0 Å². The topological polar surface area (TPSA) is 116 Å². The van der Waals surface area contributed by atoms with Crippen molar-refractivity contribution >= 4 is 38.7 Å². The predicted octanol–water partition coefficient (Wildman–Crippen LogP) is 0.882. The van der Waals surface area contributed by atoms with Gasteiger partial charge in [0, 0.05) is 44.7 Å². The summed E-state index contributed by atoms with van der Waals surface area (Å²) in [4.78, 5) is 27.4. The number of nitrogens with one attached hydrogen (secondary N) is 1. The molecular formula is C19H23N5O5S. The lowest BCUT2D eigenvalue weighted by Crippen LogP contribution is -2.63. The lowest BCUT2D eigenvalue weighted by molar-refractivity contribution is -0.120. The van der Waals surface area contributed by atoms with Crippen LogP contribution in [0.1, 0.15) is 24.8 Å². The van der Waals surface area contributed by atoms with Crippen LogP contribution in [0, 0.1) is 0 Å². The molecule has 0 saturated carbocycles. The van der Waals surface area contributed by atoms with Gasteiger partial charge in [-0.2, -0.15) is 4.31 Å². The molecule has 1 N–H and O–H groups in total. The molecule has 4 saturated heterocycles. The number of hydrogen-bond acceptors (Lipinski definition) is 7. The van der Waals surface area contributed by atoms with Gasteiger partial charge in [-0.15, -0.1) is 0 Å². The highest BCUT2D eigenvalue weighted by atomic mass is 32.2. The SMILES string of the molecule is CS(=O)(=O)N1CC2CCC1CN2Cc1ccc2onc(N3CCC(=O)NC3=O)c2c1. The summed E-state index contributed by atoms with van der Waals surface area (Å²) in [6.07, 6.45) is 3.38. The number of benzene rings is 1. The van der Waals surface area contributed by atoms with Crippen LogP contribution >= 0.6 is 0 Å². The van der Waals surface area contributed by atoms with Gasteiger partial charge in [0.1, 0.15) is 0 Å². The third-order valence-corrected chi connectivity index (χ3v) is 7.53. The fourth-order valence-corrected chi connectivity index (χ4v) is 5.90. The standard InChI is InChI=1S/C19H23N5O5S/c1-30(27,28)24-11-13-3-4-14(24)10-22(13)9-12-2-5-16-15(8-12)18(21-29-16)23-7-6-17(25)20-19(23)26/h2,5,8,13-14H,3-4,6-7,9-11H2,1H3,(H,20,25,26). The van der Waals surface area contributed by atoms with Gasteiger partial charge in [-0.3, -0.25) is 19.9 Å². The molecule has 6 rings (SSSR count). The average molecular weight is 433 g/mol. The maximum atomic E-state index is 12.2. The highest BCUT2D eigenvalue weighted by Gasteiger charge is 2.42. The molecule has 5 heterocycles. The fourth-order valence-electron chi connectivity index (χ4n) is 4.74. The lowest BCUT2D eigenvalue weighted by atomic mass is 9.92. The number of imide groups is 1. The Balaban J connectivity index is 1.38. The second-order valence-corrected chi connectivity index (χ2v) is 10.2. The molecule has 4 aliphatic heterocycles. The molecule has 2 atom stereocenters. The number of fused-ring (bicyclic) bond motifs is 4. The van der Waals surface area contributed by atoms with Crippen LogP contribution in [0.5, 0.6) is 0 Å². The van der Waals surface area contributed by atoms with Gasteiger partial charge in [-0.05, 0) is 30.5 Å². The van der Waals surface area contributed by atoms with E-state index in [2.05, 4.69) is 15.4 Å². The van der Waals surface area contributed by atoms with Crippen molar-refractivity contribution in [2.24, 2.45) is 0 Å². The van der Waals surface area contributed by atoms with Gasteiger partial charge in [0.05, 0.1) is 11.6 Å². The highest BCUT2D eigenvalue weighted by Crippen LogP contribution is 2.33. The number of piperazine rings is 1. The summed E-state index contributed by atoms with van der Waals surface area (Å²) in [6.45, 7) is 2.19. The normalized spacial score (nSPS) is 25.8. The molecule has 30 heavy (non-hydrogen) atoms. The summed E-state index contributed by atoms with van der Waals surface area (Å²) in [5, 5.41) is 7.07. The van der Waals surface area contributed by atoms with Crippen LogP contribution in [0.4, 0.5) is 10.6 Å². The molecule has 11 heteroatoms. The molecule has 0 radical (unpaired) electrons. The average Bonchev–Trinajstić information content (AvgIpc) is 3.11. The zero-order valence-electron chi connectivity index (χ0n) is 16.6. The van der Waals surface area contributed by atoms with Crippen LogP contribution in [0.3, 0.4) is 0 Å². The second-order valence-electron chi connectivity index (χ2n) is 8.24. The van der Waals surface area contributed by atoms with Gasteiger partial charge in [-0.1, -0.05) is 11.2 Å². The van der Waals surface area contributed by atoms with E-state index in [9.17, 15) is 18.0 Å². The number of piperidine rings is 2. The molecule has 10 nitrogen and oxygen atoms in total. The number of carbonyl (C=O) groups excluding carboxylic acids is 2. The first kappa shape index (κ1) is 19.5. The second kappa shape index (κ2) is 7.03. The number of carbonyl (C=O) groups is 2. The predicted molar refractivity (Wildman–Crippen MR) is 108 cm³/mol. The molecule has 4 aliphatic rings. The molecule has 3 amide bonds. The van der Waals surface area contributed by atoms with E-state index < -0.39 is 16.1 Å². The molecule has 1 aromatic carbocycles. The Morgan fingerprint density at radius 3 is 2.70 bits per heavy atom. The fraction of sp³-hybridized carbons (Fsp3) is 0.526. The molecule has 1 aromatic heterocycles. The first-order chi connectivity index (χ1) is 14.3. The van der Waals surface area contributed by atoms with Gasteiger partial charge in [0.25, 0.3) is 0 Å². The molecular weight excluding hydrogens is 410 g/mol. The van der Waals surface area contributed by atoms with E-state index in [1.165, 1.54) is 11.2 Å². The van der Waals surface area contributed by atoms with Crippen molar-refractivity contribution in [1.82, 2.24) is 19.7 Å². The van der Waals surface area contributed by atoms with Crippen LogP contribution in [-0.4, -0.2) is 72.7 Å². The number of anilines is 1. The van der Waals surface area contributed by atoms with E-state index in [4.69, 9.17) is 4.52 Å². The van der Waals surface area contributed by atoms with Crippen molar-refractivity contribution < 1.29 is 22.5 Å². The summed E-state index contributed by atoms with van der Waals surface area (Å²) in [6, 6.07) is 5.48. The van der Waals surface area contributed by atoms with Crippen molar-refractivity contribution in [2.45, 2.75) is 37.9 Å². The summed E-state index contributed by atoms with van der Waals surface area (Å²) in [5.41, 5.74) is 1.61. The van der Waals surface area contributed by atoms with Crippen molar-refractivity contribution in [3.05, 3.63) is 23.8 Å². The molecule has 4 fully saturated rings. The van der Waals surface area contributed by atoms with Crippen molar-refractivity contribution in [3.8, 4) is 0 Å². The largest absolute Gasteiger partial charge is 0.354 e. The molecule has 2 aromatic rings. The van der Waals surface area contributed by atoms with Crippen molar-refractivity contribution in [2.75, 3.05) is 30.8 Å². The quantitative estimate of drug-likeness (QED) is 0.761. The lowest BCUT2D eigenvalue weighted by Gasteiger charge is -2.50. The zero-order valence-corrected chi connectivity index (χ0v) is 17.4. The number of rotatable bonds is 4. The van der Waals surface area contributed by atoms with Crippen molar-refractivity contribution in [3.63, 3.8) is 0 Å². The van der Waals surface area contributed by atoms with Gasteiger partial charge in [-0.25, -0.2) is 13.2 Å². The maximum absolute atomic E-state index is 12.2. The van der Waals surface area contributed by atoms with E-state index >= 15 is 0 Å². The Kier molecular flexibility index (Phi) is 4.56. The summed E-state index contributed by atoms with van der Waals surface area (Å²) in [5.74, 6) is 0.105. The highest BCUT2D eigenvalue weighted by molar-refractivity contribution is 7.88. The Morgan fingerprint density at radius 2 is 2.00 bits per heavy atom. The number of urea groups is 1. The molecule has 0 spiro atoms. The number of amides is 3. The van der Waals surface area contributed by atoms with Gasteiger partial charge >= 0.3 is 6.03 Å². The third-order valence-electron chi connectivity index (χ3n) is 6.23. The Hall–Kier alpha value is -2.50. The van der Waals surface area contributed by atoms with Crippen LogP contribution in [0.25, 0.3) is 11.0 Å². The van der Waals surface area contributed by atoms with Gasteiger partial charge < -0.3 is 4.52 Å². The van der Waals surface area contributed by atoms with Crippen LogP contribution < -0.4 is 10.2 Å². The number of hydrogen-bond donors (Lipinski definition) is 1. The molecule has 0 aliphatic carbocycles. The van der Waals surface area contributed by atoms with Crippen molar-refractivity contribution in [1.29, 1.82) is 0 Å². The van der Waals surface area contributed by atoms with Crippen LogP contribution in [0.15, 0.2) is 22.7 Å². The Bertz CT molecular complexity index is 1130. The van der Waals surface area contributed by atoms with Gasteiger partial charge in [0.15, 0.2) is 11.4 Å². The van der Waals surface area contributed by atoms with E-state index in [0.717, 1.165) is 23.8 Å². The minimum atomic E-state index is -3.18. The summed E-state index contributed by atoms with van der Waals surface area (Å²) >= 11 is 0. The molecule has 2 unspecified atom stereocenters. The molecule has 2 bridgehead atoms. The number of sulfonamides is 1. The monoisotopic (exact) mass is 433 g/mol. The number of aromatic nitrogens is 1. The Labute approximate surface area is 173 Å². The van der Waals surface area contributed by atoms with E-state index in [1.54, 1.807) is 4.31 Å². The van der Waals surface area contributed by atoms with Crippen LogP contribution in [0.2, 0.25) is 0 Å². The van der Waals surface area contributed by atoms with Crippen LogP contribution in [-0.2, 0) is 21.4 Å². The summed E-state index contributed by atoms with van der Waals surface area (Å²) in [7, 11) is -3.18. The summed E-state index contributed by atoms with van der Waals surface area (Å²) < 4.78 is 31.1. The van der Waals surface area contributed by atoms with Gasteiger partial charge in [0.2, 0.25) is 15.9 Å². The third kappa shape index (κ3) is 3.36. The first-order valence-electron chi connectivity index (χ1n) is 10.00. The number of nitrogens with zero attached hydrogens (tertiary/aromatic N) is 4. The van der Waals surface area contributed by atoms with E-state index in [-0.39, 0.29) is 31.0 Å². The minimum absolute atomic E-state index is 0.0227. The minimum Gasteiger partial charge on any atom is -0.354 e. The van der Waals surface area contributed by atoms with E-state index in [1.807, 2.05) is 18.2 Å². The smallest absolute Gasteiger partial charge is 0.329 e. The zero-order chi connectivity index (χ0) is 21.0. The maximum Gasteiger partial charge on any atom is 0.329 e. The molecule has 160 valence electrons. The first-order valence-corrected chi connectivity index (χ1v) is 11.8.